The number of halogens is 1. The van der Waals surface area contributed by atoms with Crippen LogP contribution in [0.25, 0.3) is 33.5 Å². The average molecular weight is 337 g/mol. The van der Waals surface area contributed by atoms with E-state index >= 15 is 0 Å². The van der Waals surface area contributed by atoms with Gasteiger partial charge in [-0.3, -0.25) is 9.89 Å². The summed E-state index contributed by atoms with van der Waals surface area (Å²) in [7, 11) is 0. The van der Waals surface area contributed by atoms with Crippen molar-refractivity contribution in [2.24, 2.45) is 5.73 Å². The second kappa shape index (κ2) is 5.41. The van der Waals surface area contributed by atoms with Crippen molar-refractivity contribution in [2.75, 3.05) is 0 Å². The molecule has 7 heteroatoms. The van der Waals surface area contributed by atoms with Crippen LogP contribution < -0.4 is 5.73 Å². The SMILES string of the molecule is CC(C)n1c(-c2n[nH]c3ccc(C(N)=O)cc23)nc2ccc(F)cc21. The van der Waals surface area contributed by atoms with E-state index < -0.39 is 5.91 Å². The fraction of sp³-hybridized carbons (Fsp3) is 0.167. The van der Waals surface area contributed by atoms with E-state index in [-0.39, 0.29) is 11.9 Å². The van der Waals surface area contributed by atoms with Gasteiger partial charge in [0.1, 0.15) is 11.5 Å². The molecule has 0 aliphatic heterocycles. The van der Waals surface area contributed by atoms with Crippen molar-refractivity contribution >= 4 is 27.8 Å². The van der Waals surface area contributed by atoms with Crippen LogP contribution in [0.3, 0.4) is 0 Å². The Bertz CT molecular complexity index is 1130. The molecule has 0 spiro atoms. The number of hydrogen-bond donors (Lipinski definition) is 2. The first kappa shape index (κ1) is 15.3. The van der Waals surface area contributed by atoms with Gasteiger partial charge >= 0.3 is 0 Å². The molecule has 4 aromatic rings. The molecule has 0 atom stereocenters. The zero-order chi connectivity index (χ0) is 17.7. The predicted molar refractivity (Wildman–Crippen MR) is 93.7 cm³/mol. The molecule has 0 saturated heterocycles. The highest BCUT2D eigenvalue weighted by Gasteiger charge is 2.20. The van der Waals surface area contributed by atoms with Crippen LogP contribution in [-0.2, 0) is 0 Å². The Hall–Kier alpha value is -3.22. The van der Waals surface area contributed by atoms with Gasteiger partial charge < -0.3 is 10.3 Å². The predicted octanol–water partition coefficient (Wildman–Crippen LogP) is 3.40. The summed E-state index contributed by atoms with van der Waals surface area (Å²) in [6.07, 6.45) is 0. The van der Waals surface area contributed by atoms with Gasteiger partial charge in [-0.1, -0.05) is 0 Å². The fourth-order valence-corrected chi connectivity index (χ4v) is 3.09. The molecular weight excluding hydrogens is 321 g/mol. The highest BCUT2D eigenvalue weighted by Crippen LogP contribution is 2.32. The van der Waals surface area contributed by atoms with Crippen molar-refractivity contribution in [1.29, 1.82) is 0 Å². The van der Waals surface area contributed by atoms with E-state index in [9.17, 15) is 9.18 Å². The van der Waals surface area contributed by atoms with Gasteiger partial charge in [0.15, 0.2) is 5.82 Å². The first-order valence-electron chi connectivity index (χ1n) is 7.91. The highest BCUT2D eigenvalue weighted by atomic mass is 19.1. The third-order valence-electron chi connectivity index (χ3n) is 4.23. The number of aromatic amines is 1. The number of fused-ring (bicyclic) bond motifs is 2. The molecule has 0 saturated carbocycles. The van der Waals surface area contributed by atoms with E-state index in [2.05, 4.69) is 15.2 Å². The van der Waals surface area contributed by atoms with Gasteiger partial charge in [-0.15, -0.1) is 0 Å². The second-order valence-corrected chi connectivity index (χ2v) is 6.23. The van der Waals surface area contributed by atoms with Crippen molar-refractivity contribution in [3.63, 3.8) is 0 Å². The van der Waals surface area contributed by atoms with Crippen molar-refractivity contribution < 1.29 is 9.18 Å². The second-order valence-electron chi connectivity index (χ2n) is 6.23. The van der Waals surface area contributed by atoms with E-state index in [0.29, 0.717) is 28.1 Å². The van der Waals surface area contributed by atoms with Crippen LogP contribution in [0, 0.1) is 5.82 Å². The molecule has 6 nitrogen and oxygen atoms in total. The number of nitrogens with two attached hydrogens (primary N) is 1. The molecule has 25 heavy (non-hydrogen) atoms. The summed E-state index contributed by atoms with van der Waals surface area (Å²) in [4.78, 5) is 16.1. The molecule has 1 amide bonds. The van der Waals surface area contributed by atoms with Gasteiger partial charge in [0, 0.05) is 17.0 Å². The Morgan fingerprint density at radius 3 is 2.76 bits per heavy atom. The number of benzene rings is 2. The molecule has 4 rings (SSSR count). The van der Waals surface area contributed by atoms with Gasteiger partial charge in [0.25, 0.3) is 0 Å². The highest BCUT2D eigenvalue weighted by molar-refractivity contribution is 6.00. The number of aromatic nitrogens is 4. The summed E-state index contributed by atoms with van der Waals surface area (Å²) in [6.45, 7) is 4.00. The third kappa shape index (κ3) is 2.36. The number of hydrogen-bond acceptors (Lipinski definition) is 3. The summed E-state index contributed by atoms with van der Waals surface area (Å²) >= 11 is 0. The number of nitrogens with one attached hydrogen (secondary N) is 1. The maximum absolute atomic E-state index is 13.7. The van der Waals surface area contributed by atoms with Crippen molar-refractivity contribution in [3.8, 4) is 11.5 Å². The molecule has 0 bridgehead atoms. The normalized spacial score (nSPS) is 11.7. The standard InChI is InChI=1S/C18H16FN5O/c1-9(2)24-15-8-11(19)4-6-14(15)21-18(24)16-12-7-10(17(20)25)3-5-13(12)22-23-16/h3-9H,1-2H3,(H2,20,25)(H,22,23). The molecule has 0 aliphatic carbocycles. The monoisotopic (exact) mass is 337 g/mol. The molecule has 3 N–H and O–H groups in total. The number of imidazole rings is 1. The zero-order valence-electron chi connectivity index (χ0n) is 13.7. The van der Waals surface area contributed by atoms with Gasteiger partial charge in [-0.2, -0.15) is 5.10 Å². The van der Waals surface area contributed by atoms with Crippen molar-refractivity contribution in [1.82, 2.24) is 19.7 Å². The van der Waals surface area contributed by atoms with Gasteiger partial charge in [-0.05, 0) is 50.2 Å². The first-order chi connectivity index (χ1) is 12.0. The molecular formula is C18H16FN5O. The smallest absolute Gasteiger partial charge is 0.248 e. The molecule has 0 unspecified atom stereocenters. The number of primary amides is 1. The maximum atomic E-state index is 13.7. The van der Waals surface area contributed by atoms with Crippen LogP contribution >= 0.6 is 0 Å². The van der Waals surface area contributed by atoms with E-state index in [1.165, 1.54) is 12.1 Å². The number of carbonyl (C=O) groups excluding carboxylic acids is 1. The van der Waals surface area contributed by atoms with Crippen LogP contribution in [0.15, 0.2) is 36.4 Å². The quantitative estimate of drug-likeness (QED) is 0.600. The Kier molecular flexibility index (Phi) is 3.31. The number of H-pyrrole nitrogens is 1. The van der Waals surface area contributed by atoms with Crippen LogP contribution in [0.4, 0.5) is 4.39 Å². The minimum Gasteiger partial charge on any atom is -0.366 e. The Morgan fingerprint density at radius 2 is 2.04 bits per heavy atom. The van der Waals surface area contributed by atoms with Crippen molar-refractivity contribution in [3.05, 3.63) is 47.8 Å². The molecule has 0 aliphatic rings. The average Bonchev–Trinajstić information content (AvgIpc) is 3.14. The number of rotatable bonds is 3. The lowest BCUT2D eigenvalue weighted by Crippen LogP contribution is -2.10. The molecule has 2 heterocycles. The van der Waals surface area contributed by atoms with Gasteiger partial charge in [0.05, 0.1) is 16.6 Å². The summed E-state index contributed by atoms with van der Waals surface area (Å²) in [6, 6.07) is 9.65. The Labute approximate surface area is 142 Å². The summed E-state index contributed by atoms with van der Waals surface area (Å²) in [5, 5.41) is 8.06. The Morgan fingerprint density at radius 1 is 1.24 bits per heavy atom. The first-order valence-corrected chi connectivity index (χ1v) is 7.91. The van der Waals surface area contributed by atoms with E-state index in [4.69, 9.17) is 5.73 Å². The lowest BCUT2D eigenvalue weighted by Gasteiger charge is -2.12. The lowest BCUT2D eigenvalue weighted by molar-refractivity contribution is 0.100. The summed E-state index contributed by atoms with van der Waals surface area (Å²) in [5.74, 6) is -0.208. The minimum atomic E-state index is -0.506. The van der Waals surface area contributed by atoms with E-state index in [1.807, 2.05) is 18.4 Å². The van der Waals surface area contributed by atoms with Crippen LogP contribution in [0.2, 0.25) is 0 Å². The van der Waals surface area contributed by atoms with E-state index in [0.717, 1.165) is 10.9 Å². The molecule has 2 aromatic heterocycles. The van der Waals surface area contributed by atoms with Gasteiger partial charge in [0.2, 0.25) is 5.91 Å². The van der Waals surface area contributed by atoms with Crippen molar-refractivity contribution in [2.45, 2.75) is 19.9 Å². The number of carbonyl (C=O) groups is 1. The van der Waals surface area contributed by atoms with E-state index in [1.54, 1.807) is 24.3 Å². The lowest BCUT2D eigenvalue weighted by atomic mass is 10.1. The third-order valence-corrected chi connectivity index (χ3v) is 4.23. The zero-order valence-corrected chi connectivity index (χ0v) is 13.7. The molecule has 0 fully saturated rings. The summed E-state index contributed by atoms with van der Waals surface area (Å²) in [5.41, 5.74) is 8.54. The fourth-order valence-electron chi connectivity index (χ4n) is 3.09. The van der Waals surface area contributed by atoms with Crippen LogP contribution in [0.5, 0.6) is 0 Å². The van der Waals surface area contributed by atoms with Crippen LogP contribution in [-0.4, -0.2) is 25.7 Å². The van der Waals surface area contributed by atoms with Crippen LogP contribution in [0.1, 0.15) is 30.2 Å². The minimum absolute atomic E-state index is 0.0490. The molecule has 2 aromatic carbocycles. The topological polar surface area (TPSA) is 89.6 Å². The molecule has 0 radical (unpaired) electrons. The van der Waals surface area contributed by atoms with Gasteiger partial charge in [-0.25, -0.2) is 9.37 Å². The maximum Gasteiger partial charge on any atom is 0.248 e. The molecule has 126 valence electrons. The largest absolute Gasteiger partial charge is 0.366 e. The summed E-state index contributed by atoms with van der Waals surface area (Å²) < 4.78 is 15.6. The Balaban J connectivity index is 2.04. The number of nitrogens with zero attached hydrogens (tertiary/aromatic N) is 3. The number of amides is 1.